The first-order chi connectivity index (χ1) is 16.4. The molecule has 34 heavy (non-hydrogen) atoms. The standard InChI is InChI=1S/C23H22ClN2O6PS/c1-14(32-33(28)30-3)12-31-19-9-8-17(10-20(19)29-2)26-13-25-18-11-21(34-22(18)23(26)27)15-4-6-16(24)7-5-15/h4-11,13-14,33H,12H2,1-3H3. The highest BCUT2D eigenvalue weighted by atomic mass is 35.5. The molecular formula is C23H22ClN2O6PS. The normalized spacial score (nSPS) is 13.1. The minimum absolute atomic E-state index is 0.144. The summed E-state index contributed by atoms with van der Waals surface area (Å²) in [6.07, 6.45) is 1.05. The van der Waals surface area contributed by atoms with Gasteiger partial charge in [-0.15, -0.1) is 11.3 Å². The lowest BCUT2D eigenvalue weighted by Crippen LogP contribution is -2.18. The molecule has 0 aliphatic carbocycles. The van der Waals surface area contributed by atoms with Gasteiger partial charge in [-0.05, 0) is 42.8 Å². The quantitative estimate of drug-likeness (QED) is 0.265. The molecule has 0 fully saturated rings. The van der Waals surface area contributed by atoms with Crippen LogP contribution in [0.1, 0.15) is 6.92 Å². The largest absolute Gasteiger partial charge is 0.493 e. The Hall–Kier alpha value is -2.68. The number of nitrogens with zero attached hydrogens (tertiary/aromatic N) is 2. The van der Waals surface area contributed by atoms with Gasteiger partial charge in [-0.25, -0.2) is 4.98 Å². The maximum Gasteiger partial charge on any atom is 0.319 e. The van der Waals surface area contributed by atoms with Crippen LogP contribution in [0, 0.1) is 0 Å². The van der Waals surface area contributed by atoms with Crippen LogP contribution in [-0.2, 0) is 13.6 Å². The van der Waals surface area contributed by atoms with Crippen molar-refractivity contribution in [2.45, 2.75) is 13.0 Å². The van der Waals surface area contributed by atoms with E-state index in [0.29, 0.717) is 32.4 Å². The van der Waals surface area contributed by atoms with Crippen LogP contribution in [0.5, 0.6) is 11.5 Å². The molecule has 4 rings (SSSR count). The van der Waals surface area contributed by atoms with Crippen LogP contribution in [-0.4, -0.2) is 36.5 Å². The van der Waals surface area contributed by atoms with Gasteiger partial charge in [0.25, 0.3) is 5.56 Å². The number of thiophene rings is 1. The summed E-state index contributed by atoms with van der Waals surface area (Å²) in [6.45, 7) is 1.87. The molecule has 0 spiro atoms. The monoisotopic (exact) mass is 520 g/mol. The molecule has 178 valence electrons. The van der Waals surface area contributed by atoms with E-state index in [1.807, 2.05) is 30.3 Å². The first kappa shape index (κ1) is 24.4. The van der Waals surface area contributed by atoms with Crippen LogP contribution >= 0.6 is 31.2 Å². The molecule has 0 amide bonds. The van der Waals surface area contributed by atoms with Crippen molar-refractivity contribution < 1.29 is 23.1 Å². The van der Waals surface area contributed by atoms with Crippen molar-refractivity contribution in [2.24, 2.45) is 0 Å². The van der Waals surface area contributed by atoms with Gasteiger partial charge in [0.1, 0.15) is 17.6 Å². The van der Waals surface area contributed by atoms with Gasteiger partial charge in [0.2, 0.25) is 0 Å². The number of ether oxygens (including phenoxy) is 2. The lowest BCUT2D eigenvalue weighted by atomic mass is 10.2. The molecule has 11 heteroatoms. The Kier molecular flexibility index (Phi) is 7.70. The molecule has 2 aromatic heterocycles. The van der Waals surface area contributed by atoms with Crippen molar-refractivity contribution in [1.29, 1.82) is 0 Å². The summed E-state index contributed by atoms with van der Waals surface area (Å²) in [5.74, 6) is 0.895. The Morgan fingerprint density at radius 1 is 1.12 bits per heavy atom. The fourth-order valence-electron chi connectivity index (χ4n) is 3.23. The second-order valence-corrected chi connectivity index (χ2v) is 9.91. The zero-order valence-electron chi connectivity index (χ0n) is 18.6. The van der Waals surface area contributed by atoms with Gasteiger partial charge >= 0.3 is 8.25 Å². The average Bonchev–Trinajstić information content (AvgIpc) is 3.28. The minimum Gasteiger partial charge on any atom is -0.493 e. The van der Waals surface area contributed by atoms with Crippen LogP contribution in [0.2, 0.25) is 5.02 Å². The van der Waals surface area contributed by atoms with Crippen molar-refractivity contribution in [3.63, 3.8) is 0 Å². The third kappa shape index (κ3) is 5.35. The number of halogens is 1. The zero-order chi connectivity index (χ0) is 24.2. The summed E-state index contributed by atoms with van der Waals surface area (Å²) in [5, 5.41) is 0.652. The molecule has 2 atom stereocenters. The maximum atomic E-state index is 13.2. The number of methoxy groups -OCH3 is 1. The highest BCUT2D eigenvalue weighted by molar-refractivity contribution is 7.33. The minimum atomic E-state index is -2.54. The van der Waals surface area contributed by atoms with Crippen molar-refractivity contribution in [1.82, 2.24) is 9.55 Å². The van der Waals surface area contributed by atoms with E-state index in [1.54, 1.807) is 25.1 Å². The maximum absolute atomic E-state index is 13.2. The molecule has 0 aliphatic rings. The molecule has 8 nitrogen and oxygen atoms in total. The first-order valence-corrected chi connectivity index (χ1v) is 12.6. The summed E-state index contributed by atoms with van der Waals surface area (Å²) in [5.41, 5.74) is 2.00. The van der Waals surface area contributed by atoms with Gasteiger partial charge in [0.05, 0.1) is 24.4 Å². The second-order valence-electron chi connectivity index (χ2n) is 7.28. The summed E-state index contributed by atoms with van der Waals surface area (Å²) >= 11 is 7.37. The number of hydrogen-bond donors (Lipinski definition) is 0. The lowest BCUT2D eigenvalue weighted by molar-refractivity contribution is 0.129. The van der Waals surface area contributed by atoms with E-state index < -0.39 is 14.4 Å². The molecule has 4 aromatic rings. The van der Waals surface area contributed by atoms with Gasteiger partial charge in [-0.2, -0.15) is 0 Å². The predicted octanol–water partition coefficient (Wildman–Crippen LogP) is 5.60. The summed E-state index contributed by atoms with van der Waals surface area (Å²) in [6, 6.07) is 14.5. The SMILES string of the molecule is COc1cc(-n2cnc3cc(-c4ccc(Cl)cc4)sc3c2=O)ccc1OCC(C)O[PH](=O)OC. The van der Waals surface area contributed by atoms with Gasteiger partial charge in [0.15, 0.2) is 11.5 Å². The molecule has 2 heterocycles. The zero-order valence-corrected chi connectivity index (χ0v) is 21.2. The molecule has 0 saturated carbocycles. The van der Waals surface area contributed by atoms with Crippen LogP contribution in [0.15, 0.2) is 59.7 Å². The van der Waals surface area contributed by atoms with E-state index in [1.165, 1.54) is 36.5 Å². The van der Waals surface area contributed by atoms with Gasteiger partial charge in [0, 0.05) is 23.1 Å². The van der Waals surface area contributed by atoms with E-state index in [4.69, 9.17) is 25.6 Å². The lowest BCUT2D eigenvalue weighted by Gasteiger charge is -2.16. The fraction of sp³-hybridized carbons (Fsp3) is 0.217. The Morgan fingerprint density at radius 3 is 2.59 bits per heavy atom. The molecule has 0 radical (unpaired) electrons. The van der Waals surface area contributed by atoms with Gasteiger partial charge in [-0.1, -0.05) is 23.7 Å². The van der Waals surface area contributed by atoms with Crippen LogP contribution in [0.3, 0.4) is 0 Å². The summed E-state index contributed by atoms with van der Waals surface area (Å²) in [4.78, 5) is 18.7. The van der Waals surface area contributed by atoms with Gasteiger partial charge < -0.3 is 18.5 Å². The predicted molar refractivity (Wildman–Crippen MR) is 134 cm³/mol. The van der Waals surface area contributed by atoms with Crippen LogP contribution in [0.4, 0.5) is 0 Å². The van der Waals surface area contributed by atoms with Crippen molar-refractivity contribution in [3.05, 3.63) is 70.2 Å². The smallest absolute Gasteiger partial charge is 0.319 e. The fourth-order valence-corrected chi connectivity index (χ4v) is 4.90. The van der Waals surface area contributed by atoms with Crippen molar-refractivity contribution in [3.8, 4) is 27.6 Å². The number of hydrogen-bond acceptors (Lipinski definition) is 8. The number of benzene rings is 2. The Labute approximate surface area is 205 Å². The number of aromatic nitrogens is 2. The van der Waals surface area contributed by atoms with E-state index in [2.05, 4.69) is 9.51 Å². The first-order valence-electron chi connectivity index (χ1n) is 10.2. The molecule has 0 aliphatic heterocycles. The van der Waals surface area contributed by atoms with Crippen molar-refractivity contribution in [2.75, 3.05) is 20.8 Å². The molecule has 2 unspecified atom stereocenters. The van der Waals surface area contributed by atoms with E-state index in [-0.39, 0.29) is 12.2 Å². The third-order valence-corrected chi connectivity index (χ3v) is 7.27. The topological polar surface area (TPSA) is 88.9 Å². The molecule has 0 bridgehead atoms. The Morgan fingerprint density at radius 2 is 1.88 bits per heavy atom. The van der Waals surface area contributed by atoms with E-state index in [0.717, 1.165) is 10.4 Å². The Balaban J connectivity index is 1.61. The Bertz CT molecular complexity index is 1390. The number of fused-ring (bicyclic) bond motifs is 1. The second kappa shape index (κ2) is 10.7. The molecular weight excluding hydrogens is 499 g/mol. The molecule has 0 N–H and O–H groups in total. The number of rotatable bonds is 9. The third-order valence-electron chi connectivity index (χ3n) is 4.93. The van der Waals surface area contributed by atoms with Crippen LogP contribution in [0.25, 0.3) is 26.3 Å². The summed E-state index contributed by atoms with van der Waals surface area (Å²) in [7, 11) is 0.290. The molecule has 0 saturated heterocycles. The molecule has 2 aromatic carbocycles. The van der Waals surface area contributed by atoms with Crippen molar-refractivity contribution >= 4 is 41.4 Å². The average molecular weight is 521 g/mol. The highest BCUT2D eigenvalue weighted by Crippen LogP contribution is 2.33. The van der Waals surface area contributed by atoms with E-state index >= 15 is 0 Å². The summed E-state index contributed by atoms with van der Waals surface area (Å²) < 4.78 is 34.4. The highest BCUT2D eigenvalue weighted by Gasteiger charge is 2.15. The van der Waals surface area contributed by atoms with Crippen LogP contribution < -0.4 is 15.0 Å². The van der Waals surface area contributed by atoms with Gasteiger partial charge in [-0.3, -0.25) is 13.9 Å². The van der Waals surface area contributed by atoms with E-state index in [9.17, 15) is 9.36 Å².